The van der Waals surface area contributed by atoms with Crippen molar-refractivity contribution in [1.29, 1.82) is 0 Å². The van der Waals surface area contributed by atoms with E-state index in [1.54, 1.807) is 0 Å². The molecule has 0 aliphatic carbocycles. The van der Waals surface area contributed by atoms with Crippen LogP contribution in [0.15, 0.2) is 89.0 Å². The van der Waals surface area contributed by atoms with Crippen molar-refractivity contribution >= 4 is 28.8 Å². The molecule has 7 heteroatoms. The summed E-state index contributed by atoms with van der Waals surface area (Å²) in [7, 11) is 0. The summed E-state index contributed by atoms with van der Waals surface area (Å²) in [6.07, 6.45) is 4.13. The van der Waals surface area contributed by atoms with Gasteiger partial charge in [0.25, 0.3) is 11.5 Å². The number of hydrogen-bond donors (Lipinski definition) is 0. The molecule has 1 aliphatic rings. The van der Waals surface area contributed by atoms with E-state index in [9.17, 15) is 9.59 Å². The summed E-state index contributed by atoms with van der Waals surface area (Å²) in [5.41, 5.74) is 7.76. The number of para-hydroxylation sites is 1. The molecule has 5 nitrogen and oxygen atoms in total. The number of rotatable bonds is 9. The topological polar surface area (TPSA) is 55.2 Å². The minimum atomic E-state index is -0.134. The van der Waals surface area contributed by atoms with Crippen molar-refractivity contribution in [3.8, 4) is 27.5 Å². The minimum Gasteiger partial charge on any atom is -0.338 e. The molecule has 1 atom stereocenters. The molecule has 2 aromatic heterocycles. The first kappa shape index (κ1) is 32.9. The van der Waals surface area contributed by atoms with Gasteiger partial charge in [-0.15, -0.1) is 11.3 Å². The Morgan fingerprint density at radius 3 is 2.34 bits per heavy atom. The van der Waals surface area contributed by atoms with E-state index < -0.39 is 0 Å². The second-order valence-electron chi connectivity index (χ2n) is 12.8. The molecule has 0 spiro atoms. The highest BCUT2D eigenvalue weighted by Crippen LogP contribution is 2.34. The van der Waals surface area contributed by atoms with Gasteiger partial charge in [-0.05, 0) is 72.9 Å². The molecule has 6 rings (SSSR count). The predicted molar refractivity (Wildman–Crippen MR) is 195 cm³/mol. The van der Waals surface area contributed by atoms with E-state index in [0.29, 0.717) is 40.7 Å². The first-order valence-corrected chi connectivity index (χ1v) is 18.0. The van der Waals surface area contributed by atoms with Crippen LogP contribution >= 0.6 is 22.9 Å². The Morgan fingerprint density at radius 1 is 0.979 bits per heavy atom. The number of carbonyl (C=O) groups is 1. The van der Waals surface area contributed by atoms with Crippen LogP contribution in [-0.4, -0.2) is 33.4 Å². The number of benzene rings is 3. The number of nitrogens with zero attached hydrogens (tertiary/aromatic N) is 3. The summed E-state index contributed by atoms with van der Waals surface area (Å²) < 4.78 is 1.88. The Labute approximate surface area is 286 Å². The van der Waals surface area contributed by atoms with Gasteiger partial charge in [0.15, 0.2) is 0 Å². The molecule has 0 radical (unpaired) electrons. The lowest BCUT2D eigenvalue weighted by Gasteiger charge is -2.34. The number of pyridine rings is 1. The Morgan fingerprint density at radius 2 is 1.68 bits per heavy atom. The van der Waals surface area contributed by atoms with E-state index in [-0.39, 0.29) is 23.3 Å². The van der Waals surface area contributed by atoms with Gasteiger partial charge < -0.3 is 4.90 Å². The second-order valence-corrected chi connectivity index (χ2v) is 14.1. The van der Waals surface area contributed by atoms with Crippen molar-refractivity contribution in [2.24, 2.45) is 5.92 Å². The van der Waals surface area contributed by atoms with E-state index >= 15 is 0 Å². The van der Waals surface area contributed by atoms with Crippen LogP contribution in [0.25, 0.3) is 27.5 Å². The Bertz CT molecular complexity index is 1910. The third-order valence-electron chi connectivity index (χ3n) is 9.18. The lowest BCUT2D eigenvalue weighted by molar-refractivity contribution is 0.0705. The fraction of sp³-hybridized carbons (Fsp3) is 0.325. The van der Waals surface area contributed by atoms with Gasteiger partial charge in [0.05, 0.1) is 22.5 Å². The van der Waals surface area contributed by atoms with E-state index in [0.717, 1.165) is 59.4 Å². The van der Waals surface area contributed by atoms with Crippen molar-refractivity contribution in [2.75, 3.05) is 13.1 Å². The molecule has 0 saturated carbocycles. The number of thiazole rings is 1. The van der Waals surface area contributed by atoms with Gasteiger partial charge in [0.1, 0.15) is 5.01 Å². The first-order valence-electron chi connectivity index (χ1n) is 16.7. The average Bonchev–Trinajstić information content (AvgIpc) is 3.58. The van der Waals surface area contributed by atoms with Crippen LogP contribution in [0, 0.1) is 5.92 Å². The zero-order valence-electron chi connectivity index (χ0n) is 27.6. The van der Waals surface area contributed by atoms with Gasteiger partial charge >= 0.3 is 0 Å². The molecular formula is C40H42ClN3O2S. The van der Waals surface area contributed by atoms with Crippen LogP contribution in [0.3, 0.4) is 0 Å². The number of carbonyl (C=O) groups excluding carboxylic acids is 1. The van der Waals surface area contributed by atoms with Crippen molar-refractivity contribution in [1.82, 2.24) is 14.5 Å². The van der Waals surface area contributed by atoms with Crippen LogP contribution in [-0.2, 0) is 19.3 Å². The zero-order chi connectivity index (χ0) is 33.1. The van der Waals surface area contributed by atoms with Gasteiger partial charge in [0, 0.05) is 40.7 Å². The van der Waals surface area contributed by atoms with Crippen LogP contribution in [0.2, 0.25) is 5.02 Å². The van der Waals surface area contributed by atoms with Crippen LogP contribution < -0.4 is 5.56 Å². The van der Waals surface area contributed by atoms with Gasteiger partial charge in [-0.25, -0.2) is 4.98 Å². The maximum absolute atomic E-state index is 14.9. The van der Waals surface area contributed by atoms with Gasteiger partial charge in [-0.2, -0.15) is 0 Å². The zero-order valence-corrected chi connectivity index (χ0v) is 29.2. The summed E-state index contributed by atoms with van der Waals surface area (Å²) in [4.78, 5) is 36.6. The maximum Gasteiger partial charge on any atom is 0.265 e. The summed E-state index contributed by atoms with van der Waals surface area (Å²) in [5, 5.41) is 3.23. The normalized spacial score (nSPS) is 14.9. The van der Waals surface area contributed by atoms with E-state index in [2.05, 4.69) is 70.2 Å². The Kier molecular flexibility index (Phi) is 10.1. The smallest absolute Gasteiger partial charge is 0.265 e. The van der Waals surface area contributed by atoms with E-state index in [1.165, 1.54) is 16.9 Å². The average molecular weight is 664 g/mol. The van der Waals surface area contributed by atoms with Gasteiger partial charge in [-0.1, -0.05) is 100.0 Å². The number of halogens is 1. The largest absolute Gasteiger partial charge is 0.338 e. The molecule has 1 fully saturated rings. The molecule has 3 heterocycles. The molecule has 1 amide bonds. The number of hydrogen-bond acceptors (Lipinski definition) is 4. The number of piperidine rings is 1. The summed E-state index contributed by atoms with van der Waals surface area (Å²) >= 11 is 7.58. The molecule has 0 bridgehead atoms. The monoisotopic (exact) mass is 663 g/mol. The first-order chi connectivity index (χ1) is 22.8. The van der Waals surface area contributed by atoms with Crippen LogP contribution in [0.5, 0.6) is 0 Å². The van der Waals surface area contributed by atoms with E-state index in [4.69, 9.17) is 16.6 Å². The fourth-order valence-corrected chi connectivity index (χ4v) is 7.76. The maximum atomic E-state index is 14.9. The third kappa shape index (κ3) is 6.86. The van der Waals surface area contributed by atoms with Crippen LogP contribution in [0.4, 0.5) is 0 Å². The molecule has 1 aliphatic heterocycles. The lowest BCUT2D eigenvalue weighted by atomic mass is 9.90. The molecule has 1 unspecified atom stereocenters. The second kappa shape index (κ2) is 14.4. The Balaban J connectivity index is 1.56. The Hall–Kier alpha value is -4.00. The van der Waals surface area contributed by atoms with Crippen molar-refractivity contribution in [3.63, 3.8) is 0 Å². The highest BCUT2D eigenvalue weighted by molar-refractivity contribution is 7.13. The molecule has 1 saturated heterocycles. The molecule has 242 valence electrons. The molecule has 47 heavy (non-hydrogen) atoms. The number of likely N-dealkylation sites (tertiary alicyclic amines) is 1. The predicted octanol–water partition coefficient (Wildman–Crippen LogP) is 9.62. The van der Waals surface area contributed by atoms with Crippen molar-refractivity contribution in [2.45, 2.75) is 65.7 Å². The van der Waals surface area contributed by atoms with Gasteiger partial charge in [0.2, 0.25) is 0 Å². The number of aromatic nitrogens is 2. The fourth-order valence-electron chi connectivity index (χ4n) is 6.80. The highest BCUT2D eigenvalue weighted by Gasteiger charge is 2.31. The summed E-state index contributed by atoms with van der Waals surface area (Å²) in [6.45, 7) is 9.89. The lowest BCUT2D eigenvalue weighted by Crippen LogP contribution is -2.41. The minimum absolute atomic E-state index is 0.0159. The standard InChI is InChI=1S/C40H42ClN3O2S/c1-5-27-14-10-15-28(6-2)37(27)44-36(22-26(3)4)33(39(45)43-21-11-16-31(24-43)29-12-8-7-9-13-29)23-34(40(44)46)38-42-35(25-47-38)30-17-19-32(41)20-18-30/h7-10,12-15,17-20,23,25-26,31H,5-6,11,16,21-22,24H2,1-4H3. The molecule has 3 aromatic carbocycles. The molecule has 5 aromatic rings. The van der Waals surface area contributed by atoms with Gasteiger partial charge in [-0.3, -0.25) is 14.2 Å². The number of amides is 1. The van der Waals surface area contributed by atoms with E-state index in [1.807, 2.05) is 51.2 Å². The third-order valence-corrected chi connectivity index (χ3v) is 10.3. The SMILES string of the molecule is CCc1cccc(CC)c1-n1c(CC(C)C)c(C(=O)N2CCCC(c3ccccc3)C2)cc(-c2nc(-c3ccc(Cl)cc3)cs2)c1=O. The van der Waals surface area contributed by atoms with Crippen molar-refractivity contribution in [3.05, 3.63) is 128 Å². The summed E-state index contributed by atoms with van der Waals surface area (Å²) in [6, 6.07) is 26.2. The quantitative estimate of drug-likeness (QED) is 0.158. The molecule has 0 N–H and O–H groups in total. The number of aryl methyl sites for hydroxylation is 2. The van der Waals surface area contributed by atoms with Crippen molar-refractivity contribution < 1.29 is 4.79 Å². The highest BCUT2D eigenvalue weighted by atomic mass is 35.5. The molecular weight excluding hydrogens is 622 g/mol. The van der Waals surface area contributed by atoms with Crippen LogP contribution in [0.1, 0.15) is 79.2 Å². The summed E-state index contributed by atoms with van der Waals surface area (Å²) in [5.74, 6) is 0.491.